The highest BCUT2D eigenvalue weighted by atomic mass is 32.2. The summed E-state index contributed by atoms with van der Waals surface area (Å²) in [6.45, 7) is 3.42. The predicted molar refractivity (Wildman–Crippen MR) is 58.0 cm³/mol. The molecule has 1 aromatic carbocycles. The molecule has 82 valence electrons. The first-order chi connectivity index (χ1) is 6.96. The van der Waals surface area contributed by atoms with Gasteiger partial charge >= 0.3 is 0 Å². The number of rotatable bonds is 3. The van der Waals surface area contributed by atoms with Gasteiger partial charge in [-0.1, -0.05) is 30.3 Å². The number of hydrogen-bond donors (Lipinski definition) is 0. The van der Waals surface area contributed by atoms with Crippen LogP contribution in [0.1, 0.15) is 19.4 Å². The molecule has 2 atom stereocenters. The second-order valence-corrected chi connectivity index (χ2v) is 6.35. The van der Waals surface area contributed by atoms with Gasteiger partial charge in [-0.25, -0.2) is 8.42 Å². The van der Waals surface area contributed by atoms with E-state index in [1.807, 2.05) is 30.3 Å². The molecular formula is C11H14O3S. The Hall–Kier alpha value is -0.870. The van der Waals surface area contributed by atoms with Crippen molar-refractivity contribution in [3.63, 3.8) is 0 Å². The maximum absolute atomic E-state index is 12.0. The Kier molecular flexibility index (Phi) is 2.35. The highest BCUT2D eigenvalue weighted by Gasteiger charge is 2.59. The molecule has 1 heterocycles. The molecule has 2 rings (SSSR count). The van der Waals surface area contributed by atoms with Crippen LogP contribution >= 0.6 is 0 Å². The average Bonchev–Trinajstić information content (AvgIpc) is 2.77. The quantitative estimate of drug-likeness (QED) is 0.737. The monoisotopic (exact) mass is 226 g/mol. The fraction of sp³-hybridized carbons (Fsp3) is 0.455. The van der Waals surface area contributed by atoms with Gasteiger partial charge in [0.1, 0.15) is 6.10 Å². The highest BCUT2D eigenvalue weighted by molar-refractivity contribution is 7.92. The Morgan fingerprint density at radius 1 is 1.33 bits per heavy atom. The molecule has 0 amide bonds. The van der Waals surface area contributed by atoms with Crippen molar-refractivity contribution in [3.05, 3.63) is 35.9 Å². The van der Waals surface area contributed by atoms with Crippen LogP contribution in [0.15, 0.2) is 30.3 Å². The molecule has 1 aliphatic rings. The Labute approximate surface area is 90.0 Å². The fourth-order valence-corrected chi connectivity index (χ4v) is 3.29. The summed E-state index contributed by atoms with van der Waals surface area (Å²) in [6.07, 6.45) is -0.189. The van der Waals surface area contributed by atoms with Crippen LogP contribution in [0.2, 0.25) is 0 Å². The van der Waals surface area contributed by atoms with Gasteiger partial charge in [-0.15, -0.1) is 0 Å². The molecule has 0 radical (unpaired) electrons. The van der Waals surface area contributed by atoms with Crippen molar-refractivity contribution in [2.75, 3.05) is 0 Å². The minimum absolute atomic E-state index is 0.0503. The van der Waals surface area contributed by atoms with Crippen LogP contribution in [-0.4, -0.2) is 19.5 Å². The van der Waals surface area contributed by atoms with Gasteiger partial charge in [0.25, 0.3) is 0 Å². The SMILES string of the molecule is C[C@H]1O[C@@]1(C)S(=O)(=O)Cc1ccccc1. The van der Waals surface area contributed by atoms with Gasteiger partial charge in [-0.2, -0.15) is 0 Å². The third-order valence-corrected chi connectivity index (χ3v) is 5.29. The lowest BCUT2D eigenvalue weighted by atomic mass is 10.2. The van der Waals surface area contributed by atoms with Crippen LogP contribution in [0.4, 0.5) is 0 Å². The molecule has 1 fully saturated rings. The van der Waals surface area contributed by atoms with Gasteiger partial charge < -0.3 is 4.74 Å². The summed E-state index contributed by atoms with van der Waals surface area (Å²) in [5.74, 6) is 0.0503. The minimum atomic E-state index is -3.21. The van der Waals surface area contributed by atoms with Crippen molar-refractivity contribution in [1.82, 2.24) is 0 Å². The zero-order valence-corrected chi connectivity index (χ0v) is 9.62. The first-order valence-electron chi connectivity index (χ1n) is 4.90. The molecule has 4 heteroatoms. The van der Waals surface area contributed by atoms with Gasteiger partial charge in [-0.3, -0.25) is 0 Å². The van der Waals surface area contributed by atoms with Gasteiger partial charge in [0, 0.05) is 0 Å². The van der Waals surface area contributed by atoms with E-state index >= 15 is 0 Å². The van der Waals surface area contributed by atoms with Gasteiger partial charge in [-0.05, 0) is 19.4 Å². The normalized spacial score (nSPS) is 30.1. The van der Waals surface area contributed by atoms with Gasteiger partial charge in [0.2, 0.25) is 0 Å². The van der Waals surface area contributed by atoms with Gasteiger partial charge in [0.15, 0.2) is 14.8 Å². The summed E-state index contributed by atoms with van der Waals surface area (Å²) in [5, 5.41) is 0. The van der Waals surface area contributed by atoms with E-state index < -0.39 is 14.8 Å². The summed E-state index contributed by atoms with van der Waals surface area (Å²) in [6, 6.07) is 9.17. The average molecular weight is 226 g/mol. The lowest BCUT2D eigenvalue weighted by Crippen LogP contribution is -2.24. The summed E-state index contributed by atoms with van der Waals surface area (Å²) < 4.78 is 29.1. The van der Waals surface area contributed by atoms with E-state index in [9.17, 15) is 8.42 Å². The number of benzene rings is 1. The molecule has 3 nitrogen and oxygen atoms in total. The number of epoxide rings is 1. The maximum Gasteiger partial charge on any atom is 0.192 e. The second kappa shape index (κ2) is 3.32. The lowest BCUT2D eigenvalue weighted by molar-refractivity contribution is 0.361. The predicted octanol–water partition coefficient (Wildman–Crippen LogP) is 1.74. The molecule has 0 aromatic heterocycles. The fourth-order valence-electron chi connectivity index (χ4n) is 1.58. The van der Waals surface area contributed by atoms with Crippen molar-refractivity contribution in [3.8, 4) is 0 Å². The topological polar surface area (TPSA) is 46.7 Å². The molecule has 0 saturated carbocycles. The minimum Gasteiger partial charge on any atom is -0.350 e. The molecule has 0 bridgehead atoms. The van der Waals surface area contributed by atoms with Crippen LogP contribution < -0.4 is 0 Å². The Balaban J connectivity index is 2.20. The molecule has 0 aliphatic carbocycles. The molecule has 0 N–H and O–H groups in total. The van der Waals surface area contributed by atoms with Crippen LogP contribution in [0.25, 0.3) is 0 Å². The second-order valence-electron chi connectivity index (χ2n) is 4.02. The largest absolute Gasteiger partial charge is 0.350 e. The summed E-state index contributed by atoms with van der Waals surface area (Å²) in [4.78, 5) is -0.969. The Morgan fingerprint density at radius 3 is 2.33 bits per heavy atom. The molecule has 0 unspecified atom stereocenters. The summed E-state index contributed by atoms with van der Waals surface area (Å²) in [5.41, 5.74) is 0.807. The lowest BCUT2D eigenvalue weighted by Gasteiger charge is -2.08. The van der Waals surface area contributed by atoms with Crippen LogP contribution in [-0.2, 0) is 20.3 Å². The molecule has 0 spiro atoms. The van der Waals surface area contributed by atoms with E-state index in [2.05, 4.69) is 0 Å². The van der Waals surface area contributed by atoms with E-state index in [0.717, 1.165) is 5.56 Å². The third-order valence-electron chi connectivity index (χ3n) is 2.91. The van der Waals surface area contributed by atoms with E-state index in [1.165, 1.54) is 0 Å². The highest BCUT2D eigenvalue weighted by Crippen LogP contribution is 2.42. The molecule has 15 heavy (non-hydrogen) atoms. The number of hydrogen-bond acceptors (Lipinski definition) is 3. The van der Waals surface area contributed by atoms with E-state index in [0.29, 0.717) is 0 Å². The first kappa shape index (κ1) is 10.6. The van der Waals surface area contributed by atoms with E-state index in [1.54, 1.807) is 13.8 Å². The van der Waals surface area contributed by atoms with Crippen molar-refractivity contribution in [2.24, 2.45) is 0 Å². The van der Waals surface area contributed by atoms with Crippen LogP contribution in [0, 0.1) is 0 Å². The molecule has 1 aliphatic heterocycles. The van der Waals surface area contributed by atoms with Crippen molar-refractivity contribution >= 4 is 9.84 Å². The van der Waals surface area contributed by atoms with Crippen molar-refractivity contribution < 1.29 is 13.2 Å². The van der Waals surface area contributed by atoms with E-state index in [-0.39, 0.29) is 11.9 Å². The maximum atomic E-state index is 12.0. The number of sulfone groups is 1. The summed E-state index contributed by atoms with van der Waals surface area (Å²) in [7, 11) is -3.21. The number of ether oxygens (including phenoxy) is 1. The smallest absolute Gasteiger partial charge is 0.192 e. The van der Waals surface area contributed by atoms with Gasteiger partial charge in [0.05, 0.1) is 5.75 Å². The zero-order valence-electron chi connectivity index (χ0n) is 8.80. The van der Waals surface area contributed by atoms with Crippen molar-refractivity contribution in [2.45, 2.75) is 30.6 Å². The molecular weight excluding hydrogens is 212 g/mol. The third kappa shape index (κ3) is 1.79. The molecule has 1 aromatic rings. The van der Waals surface area contributed by atoms with E-state index in [4.69, 9.17) is 4.74 Å². The Morgan fingerprint density at radius 2 is 1.87 bits per heavy atom. The summed E-state index contributed by atoms with van der Waals surface area (Å²) >= 11 is 0. The Bertz CT molecular complexity index is 452. The van der Waals surface area contributed by atoms with Crippen molar-refractivity contribution in [1.29, 1.82) is 0 Å². The van der Waals surface area contributed by atoms with Crippen LogP contribution in [0.5, 0.6) is 0 Å². The zero-order chi connectivity index (χ0) is 11.1. The standard InChI is InChI=1S/C11H14O3S/c1-9-11(2,14-9)15(12,13)8-10-6-4-3-5-7-10/h3-7,9H,8H2,1-2H3/t9-,11+/m1/s1. The molecule has 1 saturated heterocycles. The first-order valence-corrected chi connectivity index (χ1v) is 6.55. The van der Waals surface area contributed by atoms with Crippen LogP contribution in [0.3, 0.4) is 0 Å².